The van der Waals surface area contributed by atoms with E-state index in [4.69, 9.17) is 5.11 Å². The van der Waals surface area contributed by atoms with Crippen molar-refractivity contribution in [3.05, 3.63) is 9.21 Å². The van der Waals surface area contributed by atoms with Gasteiger partial charge in [-0.25, -0.2) is 0 Å². The molecule has 0 saturated carbocycles. The highest BCUT2D eigenvalue weighted by Gasteiger charge is 2.03. The third kappa shape index (κ3) is 7.46. The van der Waals surface area contributed by atoms with Gasteiger partial charge in [0.1, 0.15) is 0 Å². The van der Waals surface area contributed by atoms with Crippen LogP contribution in [-0.4, -0.2) is 39.7 Å². The lowest BCUT2D eigenvalue weighted by Gasteiger charge is -1.99. The molecular formula is C7H11Br2N3O3. The van der Waals surface area contributed by atoms with Crippen LogP contribution in [-0.2, 0) is 9.53 Å². The first-order valence-electron chi connectivity index (χ1n) is 3.94. The highest BCUT2D eigenvalue weighted by atomic mass is 79.9. The smallest absolute Gasteiger partial charge is 0.308 e. The second-order valence-electron chi connectivity index (χ2n) is 2.53. The van der Waals surface area contributed by atoms with Crippen LogP contribution in [0.2, 0.25) is 0 Å². The summed E-state index contributed by atoms with van der Waals surface area (Å²) in [7, 11) is 1.30. The van der Waals surface area contributed by atoms with Crippen molar-refractivity contribution in [1.29, 1.82) is 0 Å². The number of nitrogens with one attached hydrogen (secondary N) is 1. The molecule has 86 valence electrons. The van der Waals surface area contributed by atoms with Gasteiger partial charge in [-0.2, -0.15) is 5.21 Å². The van der Waals surface area contributed by atoms with E-state index in [2.05, 4.69) is 52.0 Å². The fourth-order valence-electron chi connectivity index (χ4n) is 0.530. The Hall–Kier alpha value is -0.470. The number of carbonyl (C=O) groups is 1. The highest BCUT2D eigenvalue weighted by Crippen LogP contribution is 2.14. The molecular weight excluding hydrogens is 334 g/mol. The van der Waals surface area contributed by atoms with E-state index in [9.17, 15) is 4.79 Å². The van der Waals surface area contributed by atoms with Gasteiger partial charge in [-0.05, 0) is 38.8 Å². The van der Waals surface area contributed by atoms with Crippen LogP contribution in [0, 0.1) is 0 Å². The third-order valence-electron chi connectivity index (χ3n) is 1.16. The number of H-pyrrole nitrogens is 1. The van der Waals surface area contributed by atoms with Crippen molar-refractivity contribution < 1.29 is 14.6 Å². The Morgan fingerprint density at radius 2 is 2.00 bits per heavy atom. The quantitative estimate of drug-likeness (QED) is 0.788. The second-order valence-corrected chi connectivity index (χ2v) is 4.04. The minimum Gasteiger partial charge on any atom is -0.469 e. The van der Waals surface area contributed by atoms with Gasteiger partial charge in [-0.3, -0.25) is 4.79 Å². The zero-order valence-corrected chi connectivity index (χ0v) is 11.4. The molecule has 6 nitrogen and oxygen atoms in total. The second kappa shape index (κ2) is 7.77. The van der Waals surface area contributed by atoms with E-state index in [0.29, 0.717) is 9.21 Å². The van der Waals surface area contributed by atoms with E-state index in [1.54, 1.807) is 0 Å². The summed E-state index contributed by atoms with van der Waals surface area (Å²) in [6, 6.07) is 0. The molecule has 0 spiro atoms. The average molecular weight is 345 g/mol. The first kappa shape index (κ1) is 14.5. The standard InChI is InChI=1S/C5H10O3.C2HBr2N3/c1-4(6)3-5(7)8-2;3-1-2(4)6-7-5-1/h4,6H,3H2,1-2H3;(H,5,6,7). The van der Waals surface area contributed by atoms with Crippen molar-refractivity contribution in [2.24, 2.45) is 0 Å². The maximum Gasteiger partial charge on any atom is 0.308 e. The SMILES string of the molecule is Brc1n[nH]nc1Br.COC(=O)CC(C)O. The molecule has 1 heterocycles. The predicted octanol–water partition coefficient (Wildman–Crippen LogP) is 1.26. The van der Waals surface area contributed by atoms with Gasteiger partial charge in [0, 0.05) is 0 Å². The van der Waals surface area contributed by atoms with E-state index < -0.39 is 6.10 Å². The molecule has 1 aromatic heterocycles. The Morgan fingerprint density at radius 1 is 1.53 bits per heavy atom. The fourth-order valence-corrected chi connectivity index (χ4v) is 0.866. The third-order valence-corrected chi connectivity index (χ3v) is 2.79. The zero-order chi connectivity index (χ0) is 11.8. The maximum absolute atomic E-state index is 10.2. The first-order valence-corrected chi connectivity index (χ1v) is 5.52. The molecule has 0 bridgehead atoms. The molecule has 0 aliphatic heterocycles. The topological polar surface area (TPSA) is 88.1 Å². The van der Waals surface area contributed by atoms with Gasteiger partial charge in [0.2, 0.25) is 0 Å². The van der Waals surface area contributed by atoms with Crippen molar-refractivity contribution in [3.8, 4) is 0 Å². The van der Waals surface area contributed by atoms with Crippen LogP contribution >= 0.6 is 31.9 Å². The summed E-state index contributed by atoms with van der Waals surface area (Å²) in [4.78, 5) is 10.2. The van der Waals surface area contributed by atoms with Gasteiger partial charge in [-0.1, -0.05) is 0 Å². The highest BCUT2D eigenvalue weighted by molar-refractivity contribution is 9.13. The number of methoxy groups -OCH3 is 1. The Balaban J connectivity index is 0.000000262. The van der Waals surface area contributed by atoms with Crippen LogP contribution in [0.25, 0.3) is 0 Å². The molecule has 0 aromatic carbocycles. The first-order chi connectivity index (χ1) is 6.97. The van der Waals surface area contributed by atoms with Gasteiger partial charge in [0.05, 0.1) is 19.6 Å². The molecule has 1 atom stereocenters. The van der Waals surface area contributed by atoms with Crippen molar-refractivity contribution >= 4 is 37.8 Å². The monoisotopic (exact) mass is 343 g/mol. The Kier molecular flexibility index (Phi) is 7.53. The molecule has 2 N–H and O–H groups in total. The molecule has 0 amide bonds. The molecule has 1 unspecified atom stereocenters. The van der Waals surface area contributed by atoms with Crippen LogP contribution in [0.3, 0.4) is 0 Å². The van der Waals surface area contributed by atoms with Crippen molar-refractivity contribution in [3.63, 3.8) is 0 Å². The van der Waals surface area contributed by atoms with E-state index in [-0.39, 0.29) is 12.4 Å². The number of aliphatic hydroxyl groups is 1. The number of carbonyl (C=O) groups excluding carboxylic acids is 1. The van der Waals surface area contributed by atoms with Crippen LogP contribution in [0.5, 0.6) is 0 Å². The van der Waals surface area contributed by atoms with Gasteiger partial charge >= 0.3 is 5.97 Å². The molecule has 0 radical (unpaired) electrons. The summed E-state index contributed by atoms with van der Waals surface area (Å²) in [6.45, 7) is 1.54. The molecule has 15 heavy (non-hydrogen) atoms. The number of aromatic nitrogens is 3. The lowest BCUT2D eigenvalue weighted by Crippen LogP contribution is -2.10. The zero-order valence-electron chi connectivity index (χ0n) is 8.20. The molecule has 0 saturated heterocycles. The molecule has 0 aliphatic rings. The molecule has 1 aromatic rings. The Labute approximate surface area is 104 Å². The minimum absolute atomic E-state index is 0.0799. The van der Waals surface area contributed by atoms with Gasteiger partial charge in [0.15, 0.2) is 9.21 Å². The summed E-state index contributed by atoms with van der Waals surface area (Å²) < 4.78 is 5.66. The van der Waals surface area contributed by atoms with Crippen molar-refractivity contribution in [1.82, 2.24) is 15.4 Å². The predicted molar refractivity (Wildman–Crippen MR) is 60.1 cm³/mol. The molecule has 8 heteroatoms. The number of aromatic amines is 1. The van der Waals surface area contributed by atoms with Crippen LogP contribution in [0.4, 0.5) is 0 Å². The lowest BCUT2D eigenvalue weighted by molar-refractivity contribution is -0.142. The van der Waals surface area contributed by atoms with Crippen LogP contribution in [0.15, 0.2) is 9.21 Å². The number of esters is 1. The maximum atomic E-state index is 10.2. The van der Waals surface area contributed by atoms with Gasteiger partial charge in [0.25, 0.3) is 0 Å². The number of aliphatic hydroxyl groups excluding tert-OH is 1. The van der Waals surface area contributed by atoms with Crippen LogP contribution < -0.4 is 0 Å². The fraction of sp³-hybridized carbons (Fsp3) is 0.571. The molecule has 0 fully saturated rings. The number of ether oxygens (including phenoxy) is 1. The van der Waals surface area contributed by atoms with E-state index in [1.165, 1.54) is 14.0 Å². The normalized spacial score (nSPS) is 11.3. The molecule has 1 rings (SSSR count). The Bertz CT molecular complexity index is 287. The largest absolute Gasteiger partial charge is 0.469 e. The van der Waals surface area contributed by atoms with Crippen molar-refractivity contribution in [2.45, 2.75) is 19.4 Å². The average Bonchev–Trinajstić information content (AvgIpc) is 2.51. The molecule has 0 aliphatic carbocycles. The number of nitrogens with zero attached hydrogens (tertiary/aromatic N) is 2. The summed E-state index contributed by atoms with van der Waals surface area (Å²) in [5.74, 6) is -0.375. The van der Waals surface area contributed by atoms with E-state index in [1.807, 2.05) is 0 Å². The summed E-state index contributed by atoms with van der Waals surface area (Å²) in [5.41, 5.74) is 0. The van der Waals surface area contributed by atoms with Gasteiger partial charge < -0.3 is 9.84 Å². The number of rotatable bonds is 2. The number of hydrogen-bond donors (Lipinski definition) is 2. The van der Waals surface area contributed by atoms with E-state index in [0.717, 1.165) is 0 Å². The minimum atomic E-state index is -0.595. The Morgan fingerprint density at radius 3 is 2.13 bits per heavy atom. The summed E-state index contributed by atoms with van der Waals surface area (Å²) >= 11 is 6.23. The summed E-state index contributed by atoms with van der Waals surface area (Å²) in [6.07, 6.45) is -0.515. The van der Waals surface area contributed by atoms with Gasteiger partial charge in [-0.15, -0.1) is 10.2 Å². The summed E-state index contributed by atoms with van der Waals surface area (Å²) in [5, 5.41) is 18.3. The van der Waals surface area contributed by atoms with Crippen LogP contribution in [0.1, 0.15) is 13.3 Å². The van der Waals surface area contributed by atoms with Crippen molar-refractivity contribution in [2.75, 3.05) is 7.11 Å². The van der Waals surface area contributed by atoms with E-state index >= 15 is 0 Å². The number of halogens is 2. The number of hydrogen-bond acceptors (Lipinski definition) is 5. The lowest BCUT2D eigenvalue weighted by atomic mass is 10.3.